The topological polar surface area (TPSA) is 69.6 Å². The van der Waals surface area contributed by atoms with Gasteiger partial charge in [0.25, 0.3) is 0 Å². The van der Waals surface area contributed by atoms with Crippen molar-refractivity contribution in [2.75, 3.05) is 12.0 Å². The highest BCUT2D eigenvalue weighted by Gasteiger charge is 2.21. The average molecular weight is 220 g/mol. The monoisotopic (exact) mass is 220 g/mol. The van der Waals surface area contributed by atoms with Gasteiger partial charge in [-0.15, -0.1) is 0 Å². The third-order valence-corrected chi connectivity index (χ3v) is 2.48. The van der Waals surface area contributed by atoms with E-state index in [9.17, 15) is 9.59 Å². The fraction of sp³-hybridized carbons (Fsp3) is 0.273. The molecule has 0 aliphatic carbocycles. The maximum atomic E-state index is 11.6. The van der Waals surface area contributed by atoms with Crippen LogP contribution in [-0.4, -0.2) is 28.5 Å². The summed E-state index contributed by atoms with van der Waals surface area (Å²) in [4.78, 5) is 22.2. The molecule has 0 aromatic heterocycles. The maximum Gasteiger partial charge on any atom is 0.325 e. The molecule has 1 aromatic carbocycles. The van der Waals surface area contributed by atoms with Gasteiger partial charge in [-0.1, -0.05) is 18.2 Å². The molecule has 5 nitrogen and oxygen atoms in total. The molecule has 1 aromatic rings. The molecular weight excluding hydrogens is 208 g/mol. The third-order valence-electron chi connectivity index (χ3n) is 2.48. The first-order valence-corrected chi connectivity index (χ1v) is 5.03. The van der Waals surface area contributed by atoms with Crippen molar-refractivity contribution in [1.29, 1.82) is 0 Å². The van der Waals surface area contributed by atoms with Gasteiger partial charge in [-0.3, -0.25) is 15.0 Å². The fourth-order valence-electron chi connectivity index (χ4n) is 1.69. The minimum absolute atomic E-state index is 0.196. The normalized spacial score (nSPS) is 15.0. The Morgan fingerprint density at radius 1 is 1.38 bits per heavy atom. The lowest BCUT2D eigenvalue weighted by molar-refractivity contribution is -0.143. The number of carbonyl (C=O) groups is 2. The van der Waals surface area contributed by atoms with Crippen molar-refractivity contribution < 1.29 is 14.7 Å². The molecule has 1 amide bonds. The molecule has 0 spiro atoms. The van der Waals surface area contributed by atoms with Gasteiger partial charge in [0.15, 0.2) is 0 Å². The van der Waals surface area contributed by atoms with Crippen molar-refractivity contribution >= 4 is 17.6 Å². The van der Waals surface area contributed by atoms with Crippen molar-refractivity contribution in [1.82, 2.24) is 5.01 Å². The number of anilines is 1. The smallest absolute Gasteiger partial charge is 0.325 e. The van der Waals surface area contributed by atoms with Crippen molar-refractivity contribution in [3.05, 3.63) is 29.8 Å². The Balaban J connectivity index is 2.24. The van der Waals surface area contributed by atoms with E-state index in [0.717, 1.165) is 16.3 Å². The van der Waals surface area contributed by atoms with Crippen LogP contribution in [0.25, 0.3) is 0 Å². The summed E-state index contributed by atoms with van der Waals surface area (Å²) in [6.45, 7) is -0.326. The number of hydrazine groups is 1. The van der Waals surface area contributed by atoms with E-state index in [0.29, 0.717) is 12.8 Å². The van der Waals surface area contributed by atoms with Crippen LogP contribution in [0.1, 0.15) is 12.0 Å². The molecule has 2 N–H and O–H groups in total. The number of hydrogen-bond acceptors (Lipinski definition) is 3. The quantitative estimate of drug-likeness (QED) is 0.776. The lowest BCUT2D eigenvalue weighted by Crippen LogP contribution is -2.39. The van der Waals surface area contributed by atoms with Crippen molar-refractivity contribution in [2.45, 2.75) is 12.8 Å². The number of para-hydroxylation sites is 1. The van der Waals surface area contributed by atoms with Crippen LogP contribution in [0.15, 0.2) is 24.3 Å². The summed E-state index contributed by atoms with van der Waals surface area (Å²) < 4.78 is 0. The van der Waals surface area contributed by atoms with E-state index in [4.69, 9.17) is 5.11 Å². The number of hydrogen-bond donors (Lipinski definition) is 2. The predicted octanol–water partition coefficient (Wildman–Crippen LogP) is 0.873. The van der Waals surface area contributed by atoms with Crippen LogP contribution in [0, 0.1) is 0 Å². The minimum atomic E-state index is -1.03. The molecule has 0 fully saturated rings. The molecule has 2 rings (SSSR count). The van der Waals surface area contributed by atoms with Crippen LogP contribution in [0.2, 0.25) is 0 Å². The zero-order valence-corrected chi connectivity index (χ0v) is 8.64. The number of carboxylic acids is 1. The number of carbonyl (C=O) groups excluding carboxylic acids is 1. The number of fused-ring (bicyclic) bond motifs is 1. The molecule has 5 heteroatoms. The van der Waals surface area contributed by atoms with Gasteiger partial charge in [0.1, 0.15) is 6.54 Å². The Morgan fingerprint density at radius 3 is 2.88 bits per heavy atom. The van der Waals surface area contributed by atoms with E-state index >= 15 is 0 Å². The Hall–Kier alpha value is -2.04. The predicted molar refractivity (Wildman–Crippen MR) is 57.7 cm³/mol. The summed E-state index contributed by atoms with van der Waals surface area (Å²) in [7, 11) is 0. The van der Waals surface area contributed by atoms with Gasteiger partial charge in [-0.2, -0.15) is 0 Å². The standard InChI is InChI=1S/C11H12N2O3/c14-10-6-5-8-3-1-2-4-9(8)12-13(10)7-11(15)16/h1-4,12H,5-7H2,(H,15,16). The summed E-state index contributed by atoms with van der Waals surface area (Å²) in [5.41, 5.74) is 4.68. The Labute approximate surface area is 92.6 Å². The van der Waals surface area contributed by atoms with E-state index in [-0.39, 0.29) is 12.5 Å². The average Bonchev–Trinajstić information content (AvgIpc) is 2.39. The summed E-state index contributed by atoms with van der Waals surface area (Å²) >= 11 is 0. The van der Waals surface area contributed by atoms with Gasteiger partial charge in [-0.05, 0) is 18.1 Å². The molecule has 16 heavy (non-hydrogen) atoms. The molecule has 1 aliphatic heterocycles. The number of carboxylic acid groups (broad SMARTS) is 1. The van der Waals surface area contributed by atoms with E-state index in [1.165, 1.54) is 0 Å². The second-order valence-electron chi connectivity index (χ2n) is 3.64. The molecule has 0 atom stereocenters. The molecule has 84 valence electrons. The third kappa shape index (κ3) is 2.13. The zero-order valence-electron chi connectivity index (χ0n) is 8.64. The van der Waals surface area contributed by atoms with Crippen LogP contribution in [0.5, 0.6) is 0 Å². The van der Waals surface area contributed by atoms with Crippen LogP contribution in [0.4, 0.5) is 5.69 Å². The van der Waals surface area contributed by atoms with Crippen molar-refractivity contribution in [3.63, 3.8) is 0 Å². The first kappa shape index (κ1) is 10.5. The molecule has 1 heterocycles. The van der Waals surface area contributed by atoms with E-state index in [1.807, 2.05) is 24.3 Å². The first-order valence-electron chi connectivity index (χ1n) is 5.03. The van der Waals surface area contributed by atoms with E-state index in [1.54, 1.807) is 0 Å². The van der Waals surface area contributed by atoms with E-state index < -0.39 is 5.97 Å². The number of amides is 1. The number of aryl methyl sites for hydroxylation is 1. The van der Waals surface area contributed by atoms with Gasteiger partial charge in [-0.25, -0.2) is 5.01 Å². The molecular formula is C11H12N2O3. The summed E-state index contributed by atoms with van der Waals surface area (Å²) in [5.74, 6) is -1.22. The van der Waals surface area contributed by atoms with Gasteiger partial charge in [0.2, 0.25) is 5.91 Å². The number of nitrogens with zero attached hydrogens (tertiary/aromatic N) is 1. The van der Waals surface area contributed by atoms with Gasteiger partial charge >= 0.3 is 5.97 Å². The Kier molecular flexibility index (Phi) is 2.76. The van der Waals surface area contributed by atoms with Gasteiger partial charge in [0.05, 0.1) is 5.69 Å². The summed E-state index contributed by atoms with van der Waals surface area (Å²) in [5, 5.41) is 9.84. The second-order valence-corrected chi connectivity index (χ2v) is 3.64. The fourth-order valence-corrected chi connectivity index (χ4v) is 1.69. The number of aliphatic carboxylic acids is 1. The lowest BCUT2D eigenvalue weighted by atomic mass is 10.1. The molecule has 0 saturated carbocycles. The molecule has 0 unspecified atom stereocenters. The molecule has 0 radical (unpaired) electrons. The number of nitrogens with one attached hydrogen (secondary N) is 1. The van der Waals surface area contributed by atoms with E-state index in [2.05, 4.69) is 5.43 Å². The molecule has 0 bridgehead atoms. The Morgan fingerprint density at radius 2 is 2.12 bits per heavy atom. The van der Waals surface area contributed by atoms with Gasteiger partial charge in [0, 0.05) is 6.42 Å². The first-order chi connectivity index (χ1) is 7.66. The minimum Gasteiger partial charge on any atom is -0.480 e. The maximum absolute atomic E-state index is 11.6. The van der Waals surface area contributed by atoms with Crippen LogP contribution in [-0.2, 0) is 16.0 Å². The molecule has 0 saturated heterocycles. The van der Waals surface area contributed by atoms with Crippen LogP contribution >= 0.6 is 0 Å². The van der Waals surface area contributed by atoms with Crippen LogP contribution < -0.4 is 5.43 Å². The van der Waals surface area contributed by atoms with Gasteiger partial charge < -0.3 is 5.11 Å². The summed E-state index contributed by atoms with van der Waals surface area (Å²) in [6.07, 6.45) is 0.968. The molecule has 1 aliphatic rings. The second kappa shape index (κ2) is 4.22. The Bertz CT molecular complexity index is 431. The highest BCUT2D eigenvalue weighted by molar-refractivity contribution is 5.84. The highest BCUT2D eigenvalue weighted by Crippen LogP contribution is 2.21. The largest absolute Gasteiger partial charge is 0.480 e. The number of rotatable bonds is 2. The number of benzene rings is 1. The lowest BCUT2D eigenvalue weighted by Gasteiger charge is -2.20. The van der Waals surface area contributed by atoms with Crippen molar-refractivity contribution in [2.24, 2.45) is 0 Å². The van der Waals surface area contributed by atoms with Crippen molar-refractivity contribution in [3.8, 4) is 0 Å². The summed E-state index contributed by atoms with van der Waals surface area (Å²) in [6, 6.07) is 7.51. The van der Waals surface area contributed by atoms with Crippen LogP contribution in [0.3, 0.4) is 0 Å². The zero-order chi connectivity index (χ0) is 11.5. The highest BCUT2D eigenvalue weighted by atomic mass is 16.4. The SMILES string of the molecule is O=C(O)CN1Nc2ccccc2CCC1=O.